The Morgan fingerprint density at radius 2 is 1.19 bits per heavy atom. The molecule has 0 aliphatic heterocycles. The highest BCUT2D eigenvalue weighted by atomic mass is 16.6. The second-order valence-electron chi connectivity index (χ2n) is 6.54. The van der Waals surface area contributed by atoms with Gasteiger partial charge in [0.05, 0.1) is 4.92 Å². The number of hydrogen-bond acceptors (Lipinski definition) is 3. The number of rotatable bonds is 7. The van der Waals surface area contributed by atoms with E-state index in [0.29, 0.717) is 0 Å². The lowest BCUT2D eigenvalue weighted by atomic mass is 10.1. The van der Waals surface area contributed by atoms with E-state index in [2.05, 4.69) is 48.2 Å². The average Bonchev–Trinajstić information content (AvgIpc) is 2.65. The number of nitro groups is 1. The molecule has 0 saturated heterocycles. The van der Waals surface area contributed by atoms with Gasteiger partial charge in [-0.05, 0) is 23.6 Å². The topological polar surface area (TPSA) is 46.4 Å². The van der Waals surface area contributed by atoms with Crippen LogP contribution in [-0.2, 0) is 19.6 Å². The molecule has 3 rings (SSSR count). The van der Waals surface area contributed by atoms with Crippen LogP contribution in [0.3, 0.4) is 0 Å². The van der Waals surface area contributed by atoms with Crippen molar-refractivity contribution in [1.29, 1.82) is 0 Å². The van der Waals surface area contributed by atoms with E-state index >= 15 is 0 Å². The summed E-state index contributed by atoms with van der Waals surface area (Å²) in [6.45, 7) is 4.47. The van der Waals surface area contributed by atoms with E-state index in [0.717, 1.165) is 25.2 Å². The highest BCUT2D eigenvalue weighted by molar-refractivity contribution is 5.33. The molecule has 0 amide bonds. The third kappa shape index (κ3) is 5.01. The minimum absolute atomic E-state index is 0.127. The van der Waals surface area contributed by atoms with Gasteiger partial charge >= 0.3 is 0 Å². The summed E-state index contributed by atoms with van der Waals surface area (Å²) in [5, 5.41) is 10.8. The average molecular weight is 346 g/mol. The van der Waals surface area contributed by atoms with Gasteiger partial charge in [0.2, 0.25) is 0 Å². The van der Waals surface area contributed by atoms with Gasteiger partial charge in [-0.25, -0.2) is 0 Å². The Bertz CT molecular complexity index is 844. The number of non-ortho nitro benzene ring substituents is 1. The Morgan fingerprint density at radius 1 is 0.731 bits per heavy atom. The van der Waals surface area contributed by atoms with Crippen molar-refractivity contribution in [3.63, 3.8) is 0 Å². The van der Waals surface area contributed by atoms with Gasteiger partial charge in [0.1, 0.15) is 0 Å². The molecule has 4 nitrogen and oxygen atoms in total. The van der Waals surface area contributed by atoms with Crippen molar-refractivity contribution >= 4 is 5.69 Å². The van der Waals surface area contributed by atoms with Gasteiger partial charge < -0.3 is 0 Å². The molecule has 0 N–H and O–H groups in total. The standard InChI is InChI=1S/C22H22N2O2/c1-18-7-9-20(10-8-18)16-23(15-19-5-3-2-4-6-19)17-21-11-13-22(14-12-21)24(25)26/h2-14H,15-17H2,1H3. The Balaban J connectivity index is 1.77. The summed E-state index contributed by atoms with van der Waals surface area (Å²) in [7, 11) is 0. The van der Waals surface area contributed by atoms with Gasteiger partial charge in [0, 0.05) is 31.8 Å². The second kappa shape index (κ2) is 8.41. The van der Waals surface area contributed by atoms with Crippen molar-refractivity contribution in [3.05, 3.63) is 111 Å². The maximum atomic E-state index is 10.8. The van der Waals surface area contributed by atoms with Crippen LogP contribution >= 0.6 is 0 Å². The van der Waals surface area contributed by atoms with Gasteiger partial charge in [0.15, 0.2) is 0 Å². The molecular weight excluding hydrogens is 324 g/mol. The van der Waals surface area contributed by atoms with Crippen LogP contribution in [0.25, 0.3) is 0 Å². The highest BCUT2D eigenvalue weighted by Gasteiger charge is 2.10. The number of nitrogens with zero attached hydrogens (tertiary/aromatic N) is 2. The predicted octanol–water partition coefficient (Wildman–Crippen LogP) is 5.11. The van der Waals surface area contributed by atoms with Gasteiger partial charge in [0.25, 0.3) is 5.69 Å². The fourth-order valence-electron chi connectivity index (χ4n) is 2.94. The molecule has 0 bridgehead atoms. The zero-order chi connectivity index (χ0) is 18.4. The fraction of sp³-hybridized carbons (Fsp3) is 0.182. The minimum Gasteiger partial charge on any atom is -0.291 e. The molecule has 0 aliphatic rings. The lowest BCUT2D eigenvalue weighted by Crippen LogP contribution is -2.22. The van der Waals surface area contributed by atoms with Crippen LogP contribution in [0.5, 0.6) is 0 Å². The fourth-order valence-corrected chi connectivity index (χ4v) is 2.94. The first-order valence-corrected chi connectivity index (χ1v) is 8.65. The molecule has 3 aromatic rings. The zero-order valence-electron chi connectivity index (χ0n) is 14.8. The van der Waals surface area contributed by atoms with Crippen molar-refractivity contribution in [2.24, 2.45) is 0 Å². The third-order valence-electron chi connectivity index (χ3n) is 4.33. The van der Waals surface area contributed by atoms with E-state index in [1.165, 1.54) is 16.7 Å². The Hall–Kier alpha value is -2.98. The summed E-state index contributed by atoms with van der Waals surface area (Å²) in [6.07, 6.45) is 0. The maximum absolute atomic E-state index is 10.8. The van der Waals surface area contributed by atoms with Gasteiger partial charge in [-0.15, -0.1) is 0 Å². The van der Waals surface area contributed by atoms with Crippen molar-refractivity contribution in [3.8, 4) is 0 Å². The molecule has 0 saturated carbocycles. The molecule has 3 aromatic carbocycles. The van der Waals surface area contributed by atoms with Crippen LogP contribution in [0.2, 0.25) is 0 Å². The first kappa shape index (κ1) is 17.8. The van der Waals surface area contributed by atoms with E-state index < -0.39 is 0 Å². The summed E-state index contributed by atoms with van der Waals surface area (Å²) >= 11 is 0. The van der Waals surface area contributed by atoms with E-state index in [-0.39, 0.29) is 10.6 Å². The molecule has 0 fully saturated rings. The molecule has 0 aromatic heterocycles. The summed E-state index contributed by atoms with van der Waals surface area (Å²) in [4.78, 5) is 12.8. The summed E-state index contributed by atoms with van der Waals surface area (Å²) in [5.41, 5.74) is 4.95. The minimum atomic E-state index is -0.363. The number of aryl methyl sites for hydroxylation is 1. The molecule has 132 valence electrons. The summed E-state index contributed by atoms with van der Waals surface area (Å²) < 4.78 is 0. The van der Waals surface area contributed by atoms with E-state index in [1.807, 2.05) is 30.3 Å². The maximum Gasteiger partial charge on any atom is 0.269 e. The van der Waals surface area contributed by atoms with Crippen LogP contribution < -0.4 is 0 Å². The largest absolute Gasteiger partial charge is 0.291 e. The van der Waals surface area contributed by atoms with E-state index in [1.54, 1.807) is 12.1 Å². The Labute approximate surface area is 153 Å². The third-order valence-corrected chi connectivity index (χ3v) is 4.33. The number of benzene rings is 3. The Morgan fingerprint density at radius 3 is 1.69 bits per heavy atom. The van der Waals surface area contributed by atoms with Crippen molar-refractivity contribution in [1.82, 2.24) is 4.90 Å². The lowest BCUT2D eigenvalue weighted by molar-refractivity contribution is -0.384. The van der Waals surface area contributed by atoms with Crippen LogP contribution in [0.4, 0.5) is 5.69 Å². The Kier molecular flexibility index (Phi) is 5.77. The SMILES string of the molecule is Cc1ccc(CN(Cc2ccccc2)Cc2ccc([N+](=O)[O-])cc2)cc1. The normalized spacial score (nSPS) is 10.8. The predicted molar refractivity (Wildman–Crippen MR) is 104 cm³/mol. The monoisotopic (exact) mass is 346 g/mol. The van der Waals surface area contributed by atoms with Crippen LogP contribution in [-0.4, -0.2) is 9.82 Å². The van der Waals surface area contributed by atoms with Gasteiger partial charge in [-0.3, -0.25) is 15.0 Å². The van der Waals surface area contributed by atoms with Crippen molar-refractivity contribution in [2.75, 3.05) is 0 Å². The first-order valence-electron chi connectivity index (χ1n) is 8.65. The van der Waals surface area contributed by atoms with Crippen LogP contribution in [0.1, 0.15) is 22.3 Å². The molecule has 0 atom stereocenters. The molecular formula is C22H22N2O2. The van der Waals surface area contributed by atoms with Crippen LogP contribution in [0, 0.1) is 17.0 Å². The quantitative estimate of drug-likeness (QED) is 0.441. The number of nitro benzene ring substituents is 1. The summed E-state index contributed by atoms with van der Waals surface area (Å²) in [6, 6.07) is 25.7. The molecule has 4 heteroatoms. The van der Waals surface area contributed by atoms with Gasteiger partial charge in [-0.2, -0.15) is 0 Å². The molecule has 0 spiro atoms. The zero-order valence-corrected chi connectivity index (χ0v) is 14.8. The molecule has 0 heterocycles. The number of hydrogen-bond donors (Lipinski definition) is 0. The van der Waals surface area contributed by atoms with Crippen molar-refractivity contribution in [2.45, 2.75) is 26.6 Å². The van der Waals surface area contributed by atoms with Crippen LogP contribution in [0.15, 0.2) is 78.9 Å². The molecule has 26 heavy (non-hydrogen) atoms. The second-order valence-corrected chi connectivity index (χ2v) is 6.54. The smallest absolute Gasteiger partial charge is 0.269 e. The molecule has 0 aliphatic carbocycles. The molecule has 0 radical (unpaired) electrons. The van der Waals surface area contributed by atoms with Crippen molar-refractivity contribution < 1.29 is 4.92 Å². The summed E-state index contributed by atoms with van der Waals surface area (Å²) in [5.74, 6) is 0. The molecule has 0 unspecified atom stereocenters. The lowest BCUT2D eigenvalue weighted by Gasteiger charge is -2.23. The van der Waals surface area contributed by atoms with Gasteiger partial charge in [-0.1, -0.05) is 72.3 Å². The highest BCUT2D eigenvalue weighted by Crippen LogP contribution is 2.17. The van der Waals surface area contributed by atoms with E-state index in [4.69, 9.17) is 0 Å². The van der Waals surface area contributed by atoms with E-state index in [9.17, 15) is 10.1 Å². The first-order chi connectivity index (χ1) is 12.6.